The smallest absolute Gasteiger partial charge is 0.254 e. The van der Waals surface area contributed by atoms with Crippen LogP contribution in [-0.4, -0.2) is 47.9 Å². The van der Waals surface area contributed by atoms with Gasteiger partial charge in [-0.05, 0) is 60.7 Å². The van der Waals surface area contributed by atoms with Crippen molar-refractivity contribution in [1.29, 1.82) is 0 Å². The predicted octanol–water partition coefficient (Wildman–Crippen LogP) is 3.49. The first-order valence-electron chi connectivity index (χ1n) is 9.14. The lowest BCUT2D eigenvalue weighted by molar-refractivity contribution is 0.0680. The van der Waals surface area contributed by atoms with Crippen LogP contribution in [0.15, 0.2) is 41.6 Å². The number of hydrogen-bond acceptors (Lipinski definition) is 4. The summed E-state index contributed by atoms with van der Waals surface area (Å²) in [5.74, 6) is -0.0917. The zero-order valence-electron chi connectivity index (χ0n) is 16.3. The monoisotopic (exact) mass is 366 g/mol. The zero-order chi connectivity index (χ0) is 19.6. The molecule has 1 heterocycles. The molecule has 1 fully saturated rings. The Labute approximate surface area is 160 Å². The molecule has 1 aliphatic rings. The molecule has 0 saturated carbocycles. The van der Waals surface area contributed by atoms with E-state index in [2.05, 4.69) is 37.2 Å². The van der Waals surface area contributed by atoms with Crippen molar-refractivity contribution in [2.24, 2.45) is 5.16 Å². The molecule has 1 saturated heterocycles. The Balaban J connectivity index is 1.90. The van der Waals surface area contributed by atoms with Gasteiger partial charge in [0, 0.05) is 12.0 Å². The molecule has 1 aliphatic heterocycles. The van der Waals surface area contributed by atoms with Crippen molar-refractivity contribution in [3.05, 3.63) is 58.7 Å². The van der Waals surface area contributed by atoms with Gasteiger partial charge in [0.1, 0.15) is 7.11 Å². The number of aliphatic hydroxyl groups is 1. The fourth-order valence-electron chi connectivity index (χ4n) is 3.68. The lowest BCUT2D eigenvalue weighted by Gasteiger charge is -2.23. The van der Waals surface area contributed by atoms with Gasteiger partial charge in [-0.3, -0.25) is 4.79 Å². The highest BCUT2D eigenvalue weighted by atomic mass is 16.6. The summed E-state index contributed by atoms with van der Waals surface area (Å²) in [6.07, 6.45) is 0.537. The largest absolute Gasteiger partial charge is 0.399 e. The number of oxime groups is 1. The molecular formula is C22H26N2O3. The van der Waals surface area contributed by atoms with Gasteiger partial charge in [-0.2, -0.15) is 0 Å². The molecule has 0 aromatic heterocycles. The number of aryl methyl sites for hydroxylation is 2. The average molecular weight is 366 g/mol. The van der Waals surface area contributed by atoms with Crippen molar-refractivity contribution < 1.29 is 14.7 Å². The molecule has 1 amide bonds. The van der Waals surface area contributed by atoms with E-state index in [1.165, 1.54) is 23.8 Å². The Morgan fingerprint density at radius 1 is 1.19 bits per heavy atom. The van der Waals surface area contributed by atoms with Gasteiger partial charge >= 0.3 is 0 Å². The van der Waals surface area contributed by atoms with Crippen LogP contribution >= 0.6 is 0 Å². The van der Waals surface area contributed by atoms with E-state index in [0.29, 0.717) is 18.5 Å². The third-order valence-electron chi connectivity index (χ3n) is 5.33. The molecule has 2 aromatic carbocycles. The lowest BCUT2D eigenvalue weighted by Crippen LogP contribution is -2.37. The molecule has 0 radical (unpaired) electrons. The minimum Gasteiger partial charge on any atom is -0.399 e. The van der Waals surface area contributed by atoms with Crippen LogP contribution in [0.2, 0.25) is 0 Å². The maximum absolute atomic E-state index is 13.0. The summed E-state index contributed by atoms with van der Waals surface area (Å²) >= 11 is 0. The van der Waals surface area contributed by atoms with Crippen LogP contribution in [0, 0.1) is 20.8 Å². The third kappa shape index (κ3) is 3.74. The van der Waals surface area contributed by atoms with Gasteiger partial charge in [0.05, 0.1) is 24.9 Å². The van der Waals surface area contributed by atoms with E-state index < -0.39 is 0 Å². The second-order valence-corrected chi connectivity index (χ2v) is 7.09. The molecule has 142 valence electrons. The number of benzene rings is 2. The van der Waals surface area contributed by atoms with Crippen molar-refractivity contribution in [1.82, 2.24) is 4.90 Å². The van der Waals surface area contributed by atoms with Crippen molar-refractivity contribution in [3.8, 4) is 11.1 Å². The van der Waals surface area contributed by atoms with E-state index in [9.17, 15) is 9.90 Å². The minimum absolute atomic E-state index is 0.0893. The van der Waals surface area contributed by atoms with Crippen molar-refractivity contribution in [2.45, 2.75) is 33.2 Å². The fraction of sp³-hybridized carbons (Fsp3) is 0.364. The number of amides is 1. The standard InChI is InChI=1S/C22H26N2O3/c1-14-6-5-7-21(16(14)3)20-9-8-17(10-15(20)2)22(26)24-12-18(23-27-4)11-19(24)13-25/h5-10,19,25H,11-13H2,1-4H3/b23-18-/t19-/m0/s1. The van der Waals surface area contributed by atoms with Gasteiger partial charge in [0.25, 0.3) is 5.91 Å². The van der Waals surface area contributed by atoms with Crippen LogP contribution < -0.4 is 0 Å². The Morgan fingerprint density at radius 2 is 1.96 bits per heavy atom. The van der Waals surface area contributed by atoms with E-state index in [4.69, 9.17) is 4.84 Å². The van der Waals surface area contributed by atoms with Crippen LogP contribution in [0.5, 0.6) is 0 Å². The predicted molar refractivity (Wildman–Crippen MR) is 107 cm³/mol. The van der Waals surface area contributed by atoms with Crippen molar-refractivity contribution in [2.75, 3.05) is 20.3 Å². The first-order chi connectivity index (χ1) is 13.0. The Morgan fingerprint density at radius 3 is 2.63 bits per heavy atom. The molecule has 1 N–H and O–H groups in total. The summed E-state index contributed by atoms with van der Waals surface area (Å²) in [5.41, 5.74) is 7.28. The summed E-state index contributed by atoms with van der Waals surface area (Å²) in [4.78, 5) is 19.5. The summed E-state index contributed by atoms with van der Waals surface area (Å²) in [7, 11) is 1.49. The maximum Gasteiger partial charge on any atom is 0.254 e. The Bertz CT molecular complexity index is 889. The molecule has 27 heavy (non-hydrogen) atoms. The number of likely N-dealkylation sites (tertiary alicyclic amines) is 1. The molecule has 0 bridgehead atoms. The van der Waals surface area contributed by atoms with Crippen LogP contribution in [0.1, 0.15) is 33.5 Å². The fourth-order valence-corrected chi connectivity index (χ4v) is 3.68. The second-order valence-electron chi connectivity index (χ2n) is 7.09. The second kappa shape index (κ2) is 7.92. The van der Waals surface area contributed by atoms with Gasteiger partial charge in [-0.15, -0.1) is 0 Å². The van der Waals surface area contributed by atoms with Crippen LogP contribution in [-0.2, 0) is 4.84 Å². The molecule has 0 unspecified atom stereocenters. The van der Waals surface area contributed by atoms with Crippen LogP contribution in [0.3, 0.4) is 0 Å². The first-order valence-corrected chi connectivity index (χ1v) is 9.14. The molecule has 0 aliphatic carbocycles. The molecule has 1 atom stereocenters. The highest BCUT2D eigenvalue weighted by Gasteiger charge is 2.33. The summed E-state index contributed by atoms with van der Waals surface area (Å²) < 4.78 is 0. The number of carbonyl (C=O) groups is 1. The lowest BCUT2D eigenvalue weighted by atomic mass is 9.93. The molecular weight excluding hydrogens is 340 g/mol. The maximum atomic E-state index is 13.0. The first kappa shape index (κ1) is 19.1. The van der Waals surface area contributed by atoms with E-state index in [-0.39, 0.29) is 18.6 Å². The molecule has 5 heteroatoms. The number of carbonyl (C=O) groups excluding carboxylic acids is 1. The minimum atomic E-state index is -0.259. The van der Waals surface area contributed by atoms with Gasteiger partial charge in [0.2, 0.25) is 0 Å². The van der Waals surface area contributed by atoms with Gasteiger partial charge in [-0.1, -0.05) is 29.4 Å². The summed E-state index contributed by atoms with van der Waals surface area (Å²) in [5, 5.41) is 13.6. The van der Waals surface area contributed by atoms with Crippen LogP contribution in [0.25, 0.3) is 11.1 Å². The van der Waals surface area contributed by atoms with E-state index in [1.807, 2.05) is 25.1 Å². The number of aliphatic hydroxyl groups excluding tert-OH is 1. The Kier molecular flexibility index (Phi) is 5.61. The number of hydrogen-bond donors (Lipinski definition) is 1. The third-order valence-corrected chi connectivity index (χ3v) is 5.33. The van der Waals surface area contributed by atoms with Gasteiger partial charge in [-0.25, -0.2) is 0 Å². The van der Waals surface area contributed by atoms with Crippen LogP contribution in [0.4, 0.5) is 0 Å². The van der Waals surface area contributed by atoms with Gasteiger partial charge in [0.15, 0.2) is 0 Å². The Hall–Kier alpha value is -2.66. The normalized spacial score (nSPS) is 18.2. The molecule has 2 aromatic rings. The van der Waals surface area contributed by atoms with Crippen molar-refractivity contribution >= 4 is 11.6 Å². The SMILES string of the molecule is CO/N=C1/C[C@@H](CO)N(C(=O)c2ccc(-c3cccc(C)c3C)c(C)c2)C1. The summed E-state index contributed by atoms with van der Waals surface area (Å²) in [6, 6.07) is 11.8. The zero-order valence-corrected chi connectivity index (χ0v) is 16.3. The topological polar surface area (TPSA) is 62.1 Å². The van der Waals surface area contributed by atoms with Crippen molar-refractivity contribution in [3.63, 3.8) is 0 Å². The molecule has 3 rings (SSSR count). The highest BCUT2D eigenvalue weighted by Crippen LogP contribution is 2.29. The van der Waals surface area contributed by atoms with E-state index in [1.54, 1.807) is 4.90 Å². The number of rotatable bonds is 4. The van der Waals surface area contributed by atoms with E-state index in [0.717, 1.165) is 16.8 Å². The quantitative estimate of drug-likeness (QED) is 0.843. The van der Waals surface area contributed by atoms with Gasteiger partial charge < -0.3 is 14.8 Å². The number of nitrogens with zero attached hydrogens (tertiary/aromatic N) is 2. The summed E-state index contributed by atoms with van der Waals surface area (Å²) in [6.45, 7) is 6.55. The van der Waals surface area contributed by atoms with E-state index >= 15 is 0 Å². The highest BCUT2D eigenvalue weighted by molar-refractivity contribution is 6.01. The molecule has 5 nitrogen and oxygen atoms in total. The molecule has 0 spiro atoms. The average Bonchev–Trinajstić information content (AvgIpc) is 3.07.